The summed E-state index contributed by atoms with van der Waals surface area (Å²) >= 11 is 0. The van der Waals surface area contributed by atoms with Crippen LogP contribution < -0.4 is 0 Å². The molecule has 0 aromatic heterocycles. The van der Waals surface area contributed by atoms with Crippen molar-refractivity contribution in [2.75, 3.05) is 12.5 Å². The molecule has 0 spiro atoms. The van der Waals surface area contributed by atoms with Gasteiger partial charge in [0, 0.05) is 12.5 Å². The van der Waals surface area contributed by atoms with E-state index in [4.69, 9.17) is 0 Å². The lowest BCUT2D eigenvalue weighted by atomic mass is 9.68. The Bertz CT molecular complexity index is 1060. The molecule has 0 N–H and O–H groups in total. The monoisotopic (exact) mass is 414 g/mol. The van der Waals surface area contributed by atoms with Crippen molar-refractivity contribution >= 4 is 37.0 Å². The molecule has 0 radical (unpaired) electrons. The van der Waals surface area contributed by atoms with Crippen LogP contribution in [-0.4, -0.2) is 46.7 Å². The largest absolute Gasteiger partial charge is 0.298 e. The number of carbonyl (C=O) groups is 3. The number of Topliss-reactive ketones (excluding diaryl/α,β-unsaturated/α-hetero) is 3. The zero-order chi connectivity index (χ0) is 20.9. The number of carbonyl (C=O) groups excluding carboxylic acids is 3. The molecule has 1 unspecified atom stereocenters. The minimum absolute atomic E-state index is 0.0766. The van der Waals surface area contributed by atoms with Crippen LogP contribution in [0.2, 0.25) is 0 Å². The summed E-state index contributed by atoms with van der Waals surface area (Å²) in [5.74, 6) is -2.50. The molecule has 1 aromatic rings. The topological polar surface area (TPSA) is 119 Å². The summed E-state index contributed by atoms with van der Waals surface area (Å²) in [5.41, 5.74) is -0.700. The van der Waals surface area contributed by atoms with E-state index in [1.807, 2.05) is 0 Å². The Kier molecular flexibility index (Phi) is 5.26. The minimum Gasteiger partial charge on any atom is -0.298 e. The molecule has 1 aliphatic carbocycles. The summed E-state index contributed by atoms with van der Waals surface area (Å²) in [5, 5.41) is 0. The third-order valence-electron chi connectivity index (χ3n) is 5.03. The van der Waals surface area contributed by atoms with Gasteiger partial charge in [-0.2, -0.15) is 0 Å². The van der Waals surface area contributed by atoms with Gasteiger partial charge in [-0.15, -0.1) is 0 Å². The van der Waals surface area contributed by atoms with Gasteiger partial charge in [0.05, 0.1) is 27.5 Å². The first-order valence-corrected chi connectivity index (χ1v) is 12.0. The third kappa shape index (κ3) is 3.89. The molecule has 1 aromatic carbocycles. The quantitative estimate of drug-likeness (QED) is 0.677. The lowest BCUT2D eigenvalue weighted by Crippen LogP contribution is -2.48. The Morgan fingerprint density at radius 3 is 2.04 bits per heavy atom. The van der Waals surface area contributed by atoms with Crippen LogP contribution in [0, 0.1) is 18.3 Å². The van der Waals surface area contributed by atoms with E-state index < -0.39 is 48.4 Å². The highest BCUT2D eigenvalue weighted by Crippen LogP contribution is 2.34. The summed E-state index contributed by atoms with van der Waals surface area (Å²) in [7, 11) is -7.67. The van der Waals surface area contributed by atoms with Crippen molar-refractivity contribution < 1.29 is 31.2 Å². The van der Waals surface area contributed by atoms with Gasteiger partial charge < -0.3 is 0 Å². The number of hydrogen-bond donors (Lipinski definition) is 0. The van der Waals surface area contributed by atoms with Crippen molar-refractivity contribution in [3.05, 3.63) is 23.3 Å². The lowest BCUT2D eigenvalue weighted by molar-refractivity contribution is -0.150. The van der Waals surface area contributed by atoms with E-state index in [0.717, 1.165) is 12.5 Å². The number of sulfone groups is 2. The van der Waals surface area contributed by atoms with Gasteiger partial charge in [0.1, 0.15) is 0 Å². The Morgan fingerprint density at radius 2 is 1.56 bits per heavy atom. The van der Waals surface area contributed by atoms with Crippen LogP contribution in [0.1, 0.15) is 31.4 Å². The van der Waals surface area contributed by atoms with Crippen LogP contribution in [-0.2, 0) is 40.5 Å². The van der Waals surface area contributed by atoms with E-state index >= 15 is 0 Å². The second-order valence-electron chi connectivity index (χ2n) is 7.53. The average molecular weight is 415 g/mol. The molecule has 0 heterocycles. The first kappa shape index (κ1) is 21.4. The fourth-order valence-electron chi connectivity index (χ4n) is 3.33. The zero-order valence-corrected chi connectivity index (χ0v) is 17.5. The van der Waals surface area contributed by atoms with Crippen molar-refractivity contribution in [2.24, 2.45) is 11.3 Å². The van der Waals surface area contributed by atoms with Gasteiger partial charge in [-0.05, 0) is 44.4 Å². The number of ketones is 3. The summed E-state index contributed by atoms with van der Waals surface area (Å²) in [6.45, 7) is 4.39. The molecule has 0 amide bonds. The van der Waals surface area contributed by atoms with E-state index in [9.17, 15) is 31.2 Å². The van der Waals surface area contributed by atoms with Gasteiger partial charge in [0.15, 0.2) is 37.0 Å². The lowest BCUT2D eigenvalue weighted by Gasteiger charge is -2.31. The Labute approximate surface area is 159 Å². The first-order chi connectivity index (χ1) is 12.1. The van der Waals surface area contributed by atoms with Gasteiger partial charge >= 0.3 is 0 Å². The fourth-order valence-corrected chi connectivity index (χ4v) is 6.16. The van der Waals surface area contributed by atoms with Crippen molar-refractivity contribution in [3.8, 4) is 0 Å². The molecule has 1 atom stereocenters. The second kappa shape index (κ2) is 6.63. The zero-order valence-electron chi connectivity index (χ0n) is 15.8. The van der Waals surface area contributed by atoms with E-state index in [1.165, 1.54) is 32.9 Å². The predicted molar refractivity (Wildman–Crippen MR) is 98.0 cm³/mol. The van der Waals surface area contributed by atoms with Gasteiger partial charge in [-0.25, -0.2) is 16.8 Å². The summed E-state index contributed by atoms with van der Waals surface area (Å²) in [4.78, 5) is 36.2. The molecule has 0 bridgehead atoms. The average Bonchev–Trinajstić information content (AvgIpc) is 2.49. The standard InChI is InChI=1S/C18H22O7S2/c1-10-11(6-7-14(26(4,22)23)16(10)27(5,24)25)8-12-13(19)9-15(20)18(2,3)17(12)21/h6-7,12H,8-9H2,1-5H3. The van der Waals surface area contributed by atoms with Gasteiger partial charge in [-0.3, -0.25) is 14.4 Å². The van der Waals surface area contributed by atoms with E-state index in [0.29, 0.717) is 5.56 Å². The molecule has 1 fully saturated rings. The maximum absolute atomic E-state index is 12.6. The first-order valence-electron chi connectivity index (χ1n) is 8.21. The molecule has 148 valence electrons. The van der Waals surface area contributed by atoms with Crippen molar-refractivity contribution in [2.45, 2.75) is 43.4 Å². The third-order valence-corrected chi connectivity index (χ3v) is 7.57. The predicted octanol–water partition coefficient (Wildman–Crippen LogP) is 1.10. The Balaban J connectivity index is 2.60. The van der Waals surface area contributed by atoms with E-state index in [1.54, 1.807) is 0 Å². The highest BCUT2D eigenvalue weighted by molar-refractivity contribution is 7.93. The SMILES string of the molecule is Cc1c(CC2C(=O)CC(=O)C(C)(C)C2=O)ccc(S(C)(=O)=O)c1S(C)(=O)=O. The van der Waals surface area contributed by atoms with Gasteiger partial charge in [-0.1, -0.05) is 6.07 Å². The van der Waals surface area contributed by atoms with E-state index in [2.05, 4.69) is 0 Å². The van der Waals surface area contributed by atoms with Crippen LogP contribution in [0.15, 0.2) is 21.9 Å². The van der Waals surface area contributed by atoms with Crippen molar-refractivity contribution in [1.82, 2.24) is 0 Å². The van der Waals surface area contributed by atoms with Crippen LogP contribution in [0.4, 0.5) is 0 Å². The molecule has 2 rings (SSSR count). The maximum atomic E-state index is 12.6. The van der Waals surface area contributed by atoms with Crippen LogP contribution >= 0.6 is 0 Å². The normalized spacial score (nSPS) is 20.8. The molecule has 0 saturated heterocycles. The van der Waals surface area contributed by atoms with Crippen molar-refractivity contribution in [3.63, 3.8) is 0 Å². The van der Waals surface area contributed by atoms with Gasteiger partial charge in [0.25, 0.3) is 0 Å². The smallest absolute Gasteiger partial charge is 0.177 e. The molecular formula is C18H22O7S2. The highest BCUT2D eigenvalue weighted by Gasteiger charge is 2.48. The fraction of sp³-hybridized carbons (Fsp3) is 0.500. The molecule has 0 aliphatic heterocycles. The second-order valence-corrected chi connectivity index (χ2v) is 11.5. The number of hydrogen-bond acceptors (Lipinski definition) is 7. The maximum Gasteiger partial charge on any atom is 0.177 e. The molecule has 27 heavy (non-hydrogen) atoms. The summed E-state index contributed by atoms with van der Waals surface area (Å²) < 4.78 is 48.3. The Hall–Kier alpha value is -1.87. The Morgan fingerprint density at radius 1 is 1.00 bits per heavy atom. The van der Waals surface area contributed by atoms with Crippen molar-refractivity contribution in [1.29, 1.82) is 0 Å². The van der Waals surface area contributed by atoms with Crippen LogP contribution in [0.5, 0.6) is 0 Å². The number of rotatable bonds is 4. The molecule has 1 saturated carbocycles. The summed E-state index contributed by atoms with van der Waals surface area (Å²) in [6.07, 6.45) is 1.40. The molecule has 7 nitrogen and oxygen atoms in total. The summed E-state index contributed by atoms with van der Waals surface area (Å²) in [6, 6.07) is 2.60. The molecule has 1 aliphatic rings. The highest BCUT2D eigenvalue weighted by atomic mass is 32.2. The molecular weight excluding hydrogens is 392 g/mol. The van der Waals surface area contributed by atoms with Gasteiger partial charge in [0.2, 0.25) is 0 Å². The minimum atomic E-state index is -3.87. The van der Waals surface area contributed by atoms with Crippen LogP contribution in [0.25, 0.3) is 0 Å². The van der Waals surface area contributed by atoms with E-state index in [-0.39, 0.29) is 28.2 Å². The molecule has 9 heteroatoms. The number of benzene rings is 1. The van der Waals surface area contributed by atoms with Crippen LogP contribution in [0.3, 0.4) is 0 Å².